The maximum Gasteiger partial charge on any atom is 0.0323 e. The monoisotopic (exact) mass is 215 g/mol. The smallest absolute Gasteiger partial charge is 0.0323 e. The molecule has 2 atom stereocenters. The lowest BCUT2D eigenvalue weighted by Gasteiger charge is -2.37. The Hall–Kier alpha value is -1.08. The van der Waals surface area contributed by atoms with Gasteiger partial charge in [0, 0.05) is 19.1 Å². The van der Waals surface area contributed by atoms with Gasteiger partial charge < -0.3 is 0 Å². The van der Waals surface area contributed by atoms with E-state index >= 15 is 0 Å². The van der Waals surface area contributed by atoms with Crippen molar-refractivity contribution in [3.63, 3.8) is 0 Å². The van der Waals surface area contributed by atoms with E-state index in [-0.39, 0.29) is 0 Å². The van der Waals surface area contributed by atoms with Gasteiger partial charge in [-0.1, -0.05) is 49.4 Å². The molecule has 0 amide bonds. The number of hydrogen-bond acceptors (Lipinski definition) is 1. The molecule has 1 aliphatic heterocycles. The van der Waals surface area contributed by atoms with Gasteiger partial charge in [0.05, 0.1) is 0 Å². The van der Waals surface area contributed by atoms with Gasteiger partial charge in [-0.25, -0.2) is 0 Å². The van der Waals surface area contributed by atoms with Crippen LogP contribution in [0.25, 0.3) is 0 Å². The maximum atomic E-state index is 4.15. The van der Waals surface area contributed by atoms with Crippen molar-refractivity contribution in [3.8, 4) is 0 Å². The van der Waals surface area contributed by atoms with Gasteiger partial charge in [-0.2, -0.15) is 0 Å². The third kappa shape index (κ3) is 2.53. The van der Waals surface area contributed by atoms with E-state index in [2.05, 4.69) is 55.7 Å². The minimum atomic E-state index is 0.501. The van der Waals surface area contributed by atoms with Crippen LogP contribution in [0.15, 0.2) is 42.5 Å². The van der Waals surface area contributed by atoms with E-state index < -0.39 is 0 Å². The van der Waals surface area contributed by atoms with Crippen molar-refractivity contribution >= 4 is 0 Å². The summed E-state index contributed by atoms with van der Waals surface area (Å²) in [5, 5.41) is 0. The molecule has 1 nitrogen and oxygen atoms in total. The highest BCUT2D eigenvalue weighted by molar-refractivity contribution is 5.19. The summed E-state index contributed by atoms with van der Waals surface area (Å²) < 4.78 is 0. The van der Waals surface area contributed by atoms with Crippen LogP contribution in [-0.2, 0) is 0 Å². The average Bonchev–Trinajstić information content (AvgIpc) is 2.28. The molecule has 0 spiro atoms. The molecule has 16 heavy (non-hydrogen) atoms. The molecule has 86 valence electrons. The van der Waals surface area contributed by atoms with Gasteiger partial charge in [0.15, 0.2) is 0 Å². The lowest BCUT2D eigenvalue weighted by molar-refractivity contribution is 0.171. The second-order valence-electron chi connectivity index (χ2n) is 5.08. The largest absolute Gasteiger partial charge is 0.292 e. The third-order valence-corrected chi connectivity index (χ3v) is 3.44. The molecule has 1 saturated heterocycles. The molecule has 0 radical (unpaired) electrons. The van der Waals surface area contributed by atoms with Crippen LogP contribution in [0.5, 0.6) is 0 Å². The molecule has 0 N–H and O–H groups in total. The fourth-order valence-electron chi connectivity index (χ4n) is 2.61. The zero-order valence-corrected chi connectivity index (χ0v) is 10.3. The molecule has 0 aromatic heterocycles. The summed E-state index contributed by atoms with van der Waals surface area (Å²) in [5.74, 6) is 0.743. The SMILES string of the molecule is C=C1CC(C)CN(C(C)c2ccccc2)C1. The summed E-state index contributed by atoms with van der Waals surface area (Å²) in [5.41, 5.74) is 2.78. The Balaban J connectivity index is 2.10. The first-order valence-electron chi connectivity index (χ1n) is 6.12. The Morgan fingerprint density at radius 1 is 1.31 bits per heavy atom. The third-order valence-electron chi connectivity index (χ3n) is 3.44. The molecule has 1 fully saturated rings. The summed E-state index contributed by atoms with van der Waals surface area (Å²) in [6, 6.07) is 11.2. The number of rotatable bonds is 2. The average molecular weight is 215 g/mol. The van der Waals surface area contributed by atoms with E-state index in [1.807, 2.05) is 0 Å². The molecule has 1 aliphatic rings. The fraction of sp³-hybridized carbons (Fsp3) is 0.467. The Labute approximate surface area is 98.8 Å². The fourth-order valence-corrected chi connectivity index (χ4v) is 2.61. The second-order valence-corrected chi connectivity index (χ2v) is 5.08. The predicted octanol–water partition coefficient (Wildman–Crippen LogP) is 3.65. The van der Waals surface area contributed by atoms with Crippen LogP contribution in [0.2, 0.25) is 0 Å². The first kappa shape index (κ1) is 11.4. The van der Waals surface area contributed by atoms with Crippen LogP contribution in [-0.4, -0.2) is 18.0 Å². The summed E-state index contributed by atoms with van der Waals surface area (Å²) >= 11 is 0. The molecule has 1 aromatic carbocycles. The Bertz CT molecular complexity index is 355. The quantitative estimate of drug-likeness (QED) is 0.681. The van der Waals surface area contributed by atoms with Crippen molar-refractivity contribution in [2.24, 2.45) is 5.92 Å². The Morgan fingerprint density at radius 2 is 2.00 bits per heavy atom. The predicted molar refractivity (Wildman–Crippen MR) is 69.4 cm³/mol. The van der Waals surface area contributed by atoms with E-state index in [0.29, 0.717) is 6.04 Å². The van der Waals surface area contributed by atoms with Crippen LogP contribution in [0.1, 0.15) is 31.9 Å². The van der Waals surface area contributed by atoms with Crippen molar-refractivity contribution in [1.29, 1.82) is 0 Å². The first-order chi connectivity index (χ1) is 7.66. The van der Waals surface area contributed by atoms with Gasteiger partial charge in [-0.15, -0.1) is 0 Å². The second kappa shape index (κ2) is 4.84. The number of nitrogens with zero attached hydrogens (tertiary/aromatic N) is 1. The number of hydrogen-bond donors (Lipinski definition) is 0. The number of piperidine rings is 1. The van der Waals surface area contributed by atoms with Crippen LogP contribution >= 0.6 is 0 Å². The number of benzene rings is 1. The van der Waals surface area contributed by atoms with E-state index in [0.717, 1.165) is 12.5 Å². The van der Waals surface area contributed by atoms with E-state index in [1.54, 1.807) is 0 Å². The van der Waals surface area contributed by atoms with E-state index in [1.165, 1.54) is 24.1 Å². The van der Waals surface area contributed by atoms with Gasteiger partial charge in [-0.05, 0) is 24.8 Å². The first-order valence-corrected chi connectivity index (χ1v) is 6.12. The lowest BCUT2D eigenvalue weighted by Crippen LogP contribution is -2.37. The topological polar surface area (TPSA) is 3.24 Å². The summed E-state index contributed by atoms with van der Waals surface area (Å²) in [4.78, 5) is 2.53. The summed E-state index contributed by atoms with van der Waals surface area (Å²) in [7, 11) is 0. The standard InChI is InChI=1S/C15H21N/c1-12-9-13(2)11-16(10-12)14(3)15-7-5-4-6-8-15/h4-8,13-14H,1,9-11H2,2-3H3. The molecular formula is C15H21N. The highest BCUT2D eigenvalue weighted by Crippen LogP contribution is 2.27. The van der Waals surface area contributed by atoms with Crippen molar-refractivity contribution in [3.05, 3.63) is 48.0 Å². The molecule has 2 rings (SSSR count). The zero-order chi connectivity index (χ0) is 11.5. The molecule has 2 unspecified atom stereocenters. The van der Waals surface area contributed by atoms with Gasteiger partial charge >= 0.3 is 0 Å². The summed E-state index contributed by atoms with van der Waals surface area (Å²) in [6.45, 7) is 11.0. The Kier molecular flexibility index (Phi) is 3.45. The molecule has 0 aliphatic carbocycles. The van der Waals surface area contributed by atoms with E-state index in [9.17, 15) is 0 Å². The van der Waals surface area contributed by atoms with Crippen molar-refractivity contribution < 1.29 is 0 Å². The molecular weight excluding hydrogens is 194 g/mol. The van der Waals surface area contributed by atoms with Crippen LogP contribution in [0.3, 0.4) is 0 Å². The highest BCUT2D eigenvalue weighted by Gasteiger charge is 2.23. The van der Waals surface area contributed by atoms with Crippen molar-refractivity contribution in [2.45, 2.75) is 26.3 Å². The summed E-state index contributed by atoms with van der Waals surface area (Å²) in [6.07, 6.45) is 1.19. The van der Waals surface area contributed by atoms with Crippen LogP contribution < -0.4 is 0 Å². The zero-order valence-electron chi connectivity index (χ0n) is 10.3. The Morgan fingerprint density at radius 3 is 2.62 bits per heavy atom. The minimum absolute atomic E-state index is 0.501. The van der Waals surface area contributed by atoms with Crippen molar-refractivity contribution in [2.75, 3.05) is 13.1 Å². The van der Waals surface area contributed by atoms with Gasteiger partial charge in [0.1, 0.15) is 0 Å². The van der Waals surface area contributed by atoms with Crippen LogP contribution in [0.4, 0.5) is 0 Å². The van der Waals surface area contributed by atoms with Gasteiger partial charge in [0.2, 0.25) is 0 Å². The molecule has 1 heteroatoms. The minimum Gasteiger partial charge on any atom is -0.292 e. The highest BCUT2D eigenvalue weighted by atomic mass is 15.2. The normalized spacial score (nSPS) is 24.4. The molecule has 0 saturated carbocycles. The van der Waals surface area contributed by atoms with Gasteiger partial charge in [-0.3, -0.25) is 4.90 Å². The maximum absolute atomic E-state index is 4.15. The van der Waals surface area contributed by atoms with Crippen LogP contribution in [0, 0.1) is 5.92 Å². The lowest BCUT2D eigenvalue weighted by atomic mass is 9.94. The van der Waals surface area contributed by atoms with Crippen molar-refractivity contribution in [1.82, 2.24) is 4.90 Å². The van der Waals surface area contributed by atoms with Gasteiger partial charge in [0.25, 0.3) is 0 Å². The molecule has 1 aromatic rings. The van der Waals surface area contributed by atoms with E-state index in [4.69, 9.17) is 0 Å². The molecule has 0 bridgehead atoms. The molecule has 1 heterocycles. The number of likely N-dealkylation sites (tertiary alicyclic amines) is 1.